The second-order valence-corrected chi connectivity index (χ2v) is 4.71. The number of piperidine rings is 1. The first-order valence-corrected chi connectivity index (χ1v) is 6.13. The number of alkyl halides is 3. The first kappa shape index (κ1) is 15.1. The van der Waals surface area contributed by atoms with Gasteiger partial charge in [-0.2, -0.15) is 13.2 Å². The molecule has 0 aliphatic carbocycles. The zero-order valence-corrected chi connectivity index (χ0v) is 10.2. The van der Waals surface area contributed by atoms with E-state index in [1.54, 1.807) is 0 Å². The van der Waals surface area contributed by atoms with Crippen molar-refractivity contribution in [1.29, 1.82) is 0 Å². The first-order chi connectivity index (χ1) is 8.37. The van der Waals surface area contributed by atoms with Crippen LogP contribution < -0.4 is 5.32 Å². The zero-order chi connectivity index (χ0) is 13.6. The van der Waals surface area contributed by atoms with Crippen molar-refractivity contribution in [2.24, 2.45) is 5.92 Å². The van der Waals surface area contributed by atoms with Crippen LogP contribution in [0.5, 0.6) is 0 Å². The Hall–Kier alpha value is -0.980. The van der Waals surface area contributed by atoms with E-state index in [9.17, 15) is 18.0 Å². The Kier molecular flexibility index (Phi) is 5.71. The lowest BCUT2D eigenvalue weighted by atomic mass is 9.98. The number of likely N-dealkylation sites (tertiary alicyclic amines) is 1. The maximum absolute atomic E-state index is 12.0. The number of rotatable bonds is 5. The van der Waals surface area contributed by atoms with Gasteiger partial charge in [0.05, 0.1) is 0 Å². The van der Waals surface area contributed by atoms with E-state index in [0.29, 0.717) is 19.6 Å². The van der Waals surface area contributed by atoms with E-state index in [1.807, 2.05) is 4.90 Å². The maximum Gasteiger partial charge on any atom is 0.404 e. The van der Waals surface area contributed by atoms with Crippen LogP contribution in [0.2, 0.25) is 0 Å². The van der Waals surface area contributed by atoms with Gasteiger partial charge in [-0.05, 0) is 38.3 Å². The predicted molar refractivity (Wildman–Crippen MR) is 60.5 cm³/mol. The van der Waals surface area contributed by atoms with E-state index in [4.69, 9.17) is 5.11 Å². The summed E-state index contributed by atoms with van der Waals surface area (Å²) in [6.45, 7) is 2.30. The minimum atomic E-state index is -4.08. The molecular weight excluding hydrogens is 249 g/mol. The lowest BCUT2D eigenvalue weighted by molar-refractivity contribution is -0.136. The summed E-state index contributed by atoms with van der Waals surface area (Å²) in [6, 6.07) is 0. The normalized spacial score (nSPS) is 21.8. The van der Waals surface area contributed by atoms with Crippen molar-refractivity contribution in [2.45, 2.75) is 31.9 Å². The van der Waals surface area contributed by atoms with Gasteiger partial charge in [-0.3, -0.25) is 0 Å². The zero-order valence-electron chi connectivity index (χ0n) is 10.2. The summed E-state index contributed by atoms with van der Waals surface area (Å²) in [7, 11) is 0. The summed E-state index contributed by atoms with van der Waals surface area (Å²) in [4.78, 5) is 12.3. The number of hydrogen-bond donors (Lipinski definition) is 2. The Labute approximate surface area is 104 Å². The maximum atomic E-state index is 12.0. The monoisotopic (exact) mass is 268 g/mol. The first-order valence-electron chi connectivity index (χ1n) is 6.13. The molecule has 1 heterocycles. The van der Waals surface area contributed by atoms with E-state index >= 15 is 0 Å². The summed E-state index contributed by atoms with van der Waals surface area (Å²) in [5.74, 6) is 0.209. The Morgan fingerprint density at radius 2 is 2.17 bits per heavy atom. The van der Waals surface area contributed by atoms with Crippen molar-refractivity contribution in [3.63, 3.8) is 0 Å². The van der Waals surface area contributed by atoms with Gasteiger partial charge >= 0.3 is 12.3 Å². The fourth-order valence-electron chi connectivity index (χ4n) is 2.26. The Balaban J connectivity index is 2.20. The number of amides is 1. The molecule has 0 spiro atoms. The number of carbonyl (C=O) groups is 1. The van der Waals surface area contributed by atoms with Gasteiger partial charge < -0.3 is 15.3 Å². The number of nitrogens with one attached hydrogen (secondary N) is 1. The minimum absolute atomic E-state index is 0.114. The molecule has 0 bridgehead atoms. The highest BCUT2D eigenvalue weighted by atomic mass is 19.4. The van der Waals surface area contributed by atoms with Crippen LogP contribution in [0.15, 0.2) is 0 Å². The quantitative estimate of drug-likeness (QED) is 0.804. The summed E-state index contributed by atoms with van der Waals surface area (Å²) >= 11 is 0. The highest BCUT2D eigenvalue weighted by Crippen LogP contribution is 2.22. The van der Waals surface area contributed by atoms with Gasteiger partial charge in [0.25, 0.3) is 0 Å². The molecule has 7 heteroatoms. The van der Waals surface area contributed by atoms with Gasteiger partial charge in [0.1, 0.15) is 0 Å². The summed E-state index contributed by atoms with van der Waals surface area (Å²) in [5.41, 5.74) is 0. The Morgan fingerprint density at radius 3 is 2.78 bits per heavy atom. The van der Waals surface area contributed by atoms with E-state index in [0.717, 1.165) is 19.4 Å². The van der Waals surface area contributed by atoms with E-state index < -0.39 is 18.7 Å². The molecule has 1 unspecified atom stereocenters. The van der Waals surface area contributed by atoms with Crippen molar-refractivity contribution in [2.75, 3.05) is 26.2 Å². The third kappa shape index (κ3) is 6.68. The molecule has 1 aliphatic heterocycles. The second kappa shape index (κ2) is 6.82. The van der Waals surface area contributed by atoms with Crippen molar-refractivity contribution >= 4 is 6.09 Å². The van der Waals surface area contributed by atoms with Crippen LogP contribution >= 0.6 is 0 Å². The SMILES string of the molecule is O=C(O)NCC1CCCN(CCCC(F)(F)F)C1. The van der Waals surface area contributed by atoms with Crippen LogP contribution in [0.25, 0.3) is 0 Å². The number of carboxylic acid groups (broad SMARTS) is 1. The largest absolute Gasteiger partial charge is 0.465 e. The van der Waals surface area contributed by atoms with E-state index in [-0.39, 0.29) is 12.3 Å². The topological polar surface area (TPSA) is 52.6 Å². The molecule has 2 N–H and O–H groups in total. The third-order valence-electron chi connectivity index (χ3n) is 3.08. The molecule has 1 rings (SSSR count). The third-order valence-corrected chi connectivity index (χ3v) is 3.08. The fourth-order valence-corrected chi connectivity index (χ4v) is 2.26. The molecular formula is C11H19F3N2O2. The van der Waals surface area contributed by atoms with Crippen LogP contribution in [-0.2, 0) is 0 Å². The highest BCUT2D eigenvalue weighted by Gasteiger charge is 2.27. The van der Waals surface area contributed by atoms with Crippen molar-refractivity contribution in [1.82, 2.24) is 10.2 Å². The molecule has 18 heavy (non-hydrogen) atoms. The molecule has 1 fully saturated rings. The average molecular weight is 268 g/mol. The average Bonchev–Trinajstić information content (AvgIpc) is 2.25. The standard InChI is InChI=1S/C11H19F3N2O2/c12-11(13,14)4-2-6-16-5-1-3-9(8-16)7-15-10(17)18/h9,15H,1-8H2,(H,17,18). The molecule has 0 aromatic rings. The van der Waals surface area contributed by atoms with Crippen LogP contribution in [0.3, 0.4) is 0 Å². The van der Waals surface area contributed by atoms with Gasteiger partial charge in [0.15, 0.2) is 0 Å². The van der Waals surface area contributed by atoms with Crippen LogP contribution in [0.1, 0.15) is 25.7 Å². The molecule has 0 saturated carbocycles. The lowest BCUT2D eigenvalue weighted by Gasteiger charge is -2.32. The molecule has 1 amide bonds. The van der Waals surface area contributed by atoms with E-state index in [1.165, 1.54) is 0 Å². The van der Waals surface area contributed by atoms with E-state index in [2.05, 4.69) is 5.32 Å². The molecule has 1 aliphatic rings. The van der Waals surface area contributed by atoms with Crippen LogP contribution in [0.4, 0.5) is 18.0 Å². The summed E-state index contributed by atoms with van der Waals surface area (Å²) in [6.07, 6.45) is -3.93. The number of hydrogen-bond acceptors (Lipinski definition) is 2. The molecule has 106 valence electrons. The van der Waals surface area contributed by atoms with Gasteiger partial charge in [-0.25, -0.2) is 4.79 Å². The van der Waals surface area contributed by atoms with Crippen LogP contribution in [0, 0.1) is 5.92 Å². The second-order valence-electron chi connectivity index (χ2n) is 4.71. The van der Waals surface area contributed by atoms with Gasteiger partial charge in [0.2, 0.25) is 0 Å². The molecule has 0 aromatic heterocycles. The Morgan fingerprint density at radius 1 is 1.44 bits per heavy atom. The van der Waals surface area contributed by atoms with Crippen molar-refractivity contribution in [3.8, 4) is 0 Å². The minimum Gasteiger partial charge on any atom is -0.465 e. The Bertz CT molecular complexity index is 272. The molecule has 1 saturated heterocycles. The predicted octanol–water partition coefficient (Wildman–Crippen LogP) is 2.31. The van der Waals surface area contributed by atoms with Crippen LogP contribution in [-0.4, -0.2) is 48.5 Å². The molecule has 0 radical (unpaired) electrons. The van der Waals surface area contributed by atoms with Gasteiger partial charge in [-0.1, -0.05) is 0 Å². The lowest BCUT2D eigenvalue weighted by Crippen LogP contribution is -2.41. The van der Waals surface area contributed by atoms with Crippen molar-refractivity contribution < 1.29 is 23.1 Å². The smallest absolute Gasteiger partial charge is 0.404 e. The molecule has 1 atom stereocenters. The molecule has 4 nitrogen and oxygen atoms in total. The highest BCUT2D eigenvalue weighted by molar-refractivity contribution is 5.64. The summed E-state index contributed by atoms with van der Waals surface area (Å²) < 4.78 is 36.0. The number of halogens is 3. The van der Waals surface area contributed by atoms with Gasteiger partial charge in [0, 0.05) is 19.5 Å². The number of nitrogens with zero attached hydrogens (tertiary/aromatic N) is 1. The summed E-state index contributed by atoms with van der Waals surface area (Å²) in [5, 5.41) is 10.8. The van der Waals surface area contributed by atoms with Crippen molar-refractivity contribution in [3.05, 3.63) is 0 Å². The molecule has 0 aromatic carbocycles. The fraction of sp³-hybridized carbons (Fsp3) is 0.909. The van der Waals surface area contributed by atoms with Gasteiger partial charge in [-0.15, -0.1) is 0 Å².